The highest BCUT2D eigenvalue weighted by atomic mass is 35.5. The number of hydrogen-bond donors (Lipinski definition) is 2. The summed E-state index contributed by atoms with van der Waals surface area (Å²) >= 11 is 0. The molecule has 2 heterocycles. The van der Waals surface area contributed by atoms with Crippen molar-refractivity contribution < 1.29 is 9.90 Å². The van der Waals surface area contributed by atoms with Crippen LogP contribution in [-0.4, -0.2) is 28.3 Å². The van der Waals surface area contributed by atoms with Crippen LogP contribution >= 0.6 is 24.8 Å². The topological polar surface area (TPSA) is 65.4 Å². The zero-order valence-corrected chi connectivity index (χ0v) is 14.0. The summed E-state index contributed by atoms with van der Waals surface area (Å²) in [5, 5.41) is 10.4. The predicted octanol–water partition coefficient (Wildman–Crippen LogP) is 3.94. The fourth-order valence-corrected chi connectivity index (χ4v) is 3.40. The smallest absolute Gasteiger partial charge is 0.308 e. The molecular formula is C17H18Cl2N2O2. The maximum Gasteiger partial charge on any atom is 0.308 e. The Morgan fingerprint density at radius 2 is 2.13 bits per heavy atom. The number of benzene rings is 1. The third-order valence-corrected chi connectivity index (χ3v) is 4.50. The molecule has 1 aromatic carbocycles. The number of nitrogens with zero attached hydrogens (tertiary/aromatic N) is 1. The number of nitrogens with one attached hydrogen (secondary N) is 1. The van der Waals surface area contributed by atoms with E-state index in [1.807, 2.05) is 6.20 Å². The number of H-pyrrole nitrogens is 1. The van der Waals surface area contributed by atoms with Gasteiger partial charge in [0.1, 0.15) is 0 Å². The molecule has 6 heteroatoms. The second kappa shape index (κ2) is 6.77. The molecule has 0 saturated carbocycles. The Morgan fingerprint density at radius 1 is 1.30 bits per heavy atom. The molecule has 2 aromatic rings. The molecule has 1 aromatic heterocycles. The first kappa shape index (κ1) is 17.6. The molecule has 2 N–H and O–H groups in total. The molecule has 0 spiro atoms. The number of allylic oxidation sites excluding steroid dienone is 1. The van der Waals surface area contributed by atoms with Crippen molar-refractivity contribution in [2.45, 2.75) is 12.8 Å². The number of carbonyl (C=O) groups is 1. The van der Waals surface area contributed by atoms with Crippen LogP contribution in [0.1, 0.15) is 24.0 Å². The summed E-state index contributed by atoms with van der Waals surface area (Å²) in [7, 11) is 0. The number of aliphatic carboxylic acids is 1. The Labute approximate surface area is 146 Å². The average Bonchev–Trinajstić information content (AvgIpc) is 2.85. The van der Waals surface area contributed by atoms with E-state index in [1.54, 1.807) is 0 Å². The summed E-state index contributed by atoms with van der Waals surface area (Å²) in [4.78, 5) is 19.1. The number of rotatable bonds is 1. The first-order valence-electron chi connectivity index (χ1n) is 7.27. The minimum atomic E-state index is -0.729. The minimum absolute atomic E-state index is 0. The maximum absolute atomic E-state index is 11.2. The zero-order valence-electron chi connectivity index (χ0n) is 12.4. The van der Waals surface area contributed by atoms with Crippen LogP contribution in [0.2, 0.25) is 0 Å². The van der Waals surface area contributed by atoms with Crippen LogP contribution in [0.3, 0.4) is 0 Å². The summed E-state index contributed by atoms with van der Waals surface area (Å²) in [6.45, 7) is 0.395. The van der Waals surface area contributed by atoms with E-state index < -0.39 is 5.97 Å². The SMILES string of the molecule is Cl.Cl.O=C(O)C1CN=C2c3cc4cc[nH]c4cc3C=CCC2C1. The summed E-state index contributed by atoms with van der Waals surface area (Å²) in [6, 6.07) is 6.38. The quantitative estimate of drug-likeness (QED) is 0.816. The van der Waals surface area contributed by atoms with E-state index in [1.165, 1.54) is 10.9 Å². The number of fused-ring (bicyclic) bond motifs is 4. The molecule has 23 heavy (non-hydrogen) atoms. The molecule has 0 bridgehead atoms. The summed E-state index contributed by atoms with van der Waals surface area (Å²) in [5.74, 6) is -0.856. The first-order chi connectivity index (χ1) is 10.2. The van der Waals surface area contributed by atoms with Gasteiger partial charge < -0.3 is 10.1 Å². The van der Waals surface area contributed by atoms with Crippen LogP contribution in [0, 0.1) is 11.8 Å². The van der Waals surface area contributed by atoms with Crippen LogP contribution < -0.4 is 0 Å². The van der Waals surface area contributed by atoms with E-state index in [-0.39, 0.29) is 36.6 Å². The number of halogens is 2. The van der Waals surface area contributed by atoms with Crippen molar-refractivity contribution in [1.82, 2.24) is 4.98 Å². The van der Waals surface area contributed by atoms with Gasteiger partial charge in [-0.15, -0.1) is 24.8 Å². The van der Waals surface area contributed by atoms with Crippen LogP contribution in [0.4, 0.5) is 0 Å². The second-order valence-electron chi connectivity index (χ2n) is 5.84. The van der Waals surface area contributed by atoms with Gasteiger partial charge in [0.15, 0.2) is 0 Å². The van der Waals surface area contributed by atoms with Gasteiger partial charge >= 0.3 is 5.97 Å². The van der Waals surface area contributed by atoms with Crippen molar-refractivity contribution in [2.75, 3.05) is 6.54 Å². The second-order valence-corrected chi connectivity index (χ2v) is 5.84. The Balaban J connectivity index is 0.000000960. The van der Waals surface area contributed by atoms with Crippen LogP contribution in [0.15, 0.2) is 35.5 Å². The molecule has 0 amide bonds. The van der Waals surface area contributed by atoms with Gasteiger partial charge in [0, 0.05) is 34.3 Å². The summed E-state index contributed by atoms with van der Waals surface area (Å²) in [6.07, 6.45) is 7.76. The van der Waals surface area contributed by atoms with Gasteiger partial charge in [-0.25, -0.2) is 0 Å². The van der Waals surface area contributed by atoms with Crippen LogP contribution in [0.5, 0.6) is 0 Å². The Bertz CT molecular complexity index is 795. The molecule has 1 aliphatic carbocycles. The Hall–Kier alpha value is -1.78. The highest BCUT2D eigenvalue weighted by molar-refractivity contribution is 6.09. The number of hydrogen-bond acceptors (Lipinski definition) is 2. The highest BCUT2D eigenvalue weighted by Gasteiger charge is 2.31. The van der Waals surface area contributed by atoms with E-state index in [0.29, 0.717) is 13.0 Å². The van der Waals surface area contributed by atoms with Crippen molar-refractivity contribution in [3.05, 3.63) is 41.6 Å². The minimum Gasteiger partial charge on any atom is -0.481 e. The Morgan fingerprint density at radius 3 is 2.91 bits per heavy atom. The number of carboxylic acid groups (broad SMARTS) is 1. The van der Waals surface area contributed by atoms with Crippen molar-refractivity contribution in [3.63, 3.8) is 0 Å². The Kier molecular flexibility index (Phi) is 5.17. The standard InChI is InChI=1S/C17H16N2O2.2ClH/c20-17(21)13-6-12-3-1-2-10-8-15-11(4-5-18-15)7-14(10)16(12)19-9-13;;/h1-2,4-5,7-8,12-13,18H,3,6,9H2,(H,20,21);2*1H. The lowest BCUT2D eigenvalue weighted by molar-refractivity contribution is -0.141. The molecule has 2 unspecified atom stereocenters. The average molecular weight is 353 g/mol. The number of aromatic amines is 1. The fraction of sp³-hybridized carbons (Fsp3) is 0.294. The molecule has 4 nitrogen and oxygen atoms in total. The van der Waals surface area contributed by atoms with Crippen molar-refractivity contribution in [3.8, 4) is 0 Å². The molecule has 0 fully saturated rings. The normalized spacial score (nSPS) is 22.0. The van der Waals surface area contributed by atoms with Crippen molar-refractivity contribution >= 4 is 53.5 Å². The lowest BCUT2D eigenvalue weighted by Crippen LogP contribution is -2.30. The monoisotopic (exact) mass is 352 g/mol. The number of aliphatic imine (C=N–C) groups is 1. The largest absolute Gasteiger partial charge is 0.481 e. The van der Waals surface area contributed by atoms with E-state index in [4.69, 9.17) is 0 Å². The molecule has 4 rings (SSSR count). The molecule has 0 saturated heterocycles. The van der Waals surface area contributed by atoms with Gasteiger partial charge in [0.25, 0.3) is 0 Å². The number of aromatic nitrogens is 1. The first-order valence-corrected chi connectivity index (χ1v) is 7.27. The lowest BCUT2D eigenvalue weighted by Gasteiger charge is -2.26. The van der Waals surface area contributed by atoms with Crippen molar-refractivity contribution in [1.29, 1.82) is 0 Å². The molecular weight excluding hydrogens is 335 g/mol. The van der Waals surface area contributed by atoms with Gasteiger partial charge in [0.2, 0.25) is 0 Å². The third-order valence-electron chi connectivity index (χ3n) is 4.50. The number of carboxylic acids is 1. The molecule has 122 valence electrons. The van der Waals surface area contributed by atoms with E-state index in [9.17, 15) is 9.90 Å². The van der Waals surface area contributed by atoms with Gasteiger partial charge in [-0.2, -0.15) is 0 Å². The predicted molar refractivity (Wildman–Crippen MR) is 97.1 cm³/mol. The molecule has 2 atom stereocenters. The zero-order chi connectivity index (χ0) is 14.4. The lowest BCUT2D eigenvalue weighted by atomic mass is 9.83. The molecule has 2 aliphatic rings. The third kappa shape index (κ3) is 3.01. The molecule has 0 radical (unpaired) electrons. The van der Waals surface area contributed by atoms with Gasteiger partial charge in [-0.05, 0) is 36.6 Å². The summed E-state index contributed by atoms with van der Waals surface area (Å²) in [5.41, 5.74) is 4.52. The van der Waals surface area contributed by atoms with E-state index in [0.717, 1.165) is 23.2 Å². The maximum atomic E-state index is 11.2. The van der Waals surface area contributed by atoms with Gasteiger partial charge in [-0.1, -0.05) is 12.2 Å². The summed E-state index contributed by atoms with van der Waals surface area (Å²) < 4.78 is 0. The van der Waals surface area contributed by atoms with E-state index >= 15 is 0 Å². The van der Waals surface area contributed by atoms with E-state index in [2.05, 4.69) is 40.3 Å². The fourth-order valence-electron chi connectivity index (χ4n) is 3.40. The van der Waals surface area contributed by atoms with Gasteiger partial charge in [-0.3, -0.25) is 9.79 Å². The van der Waals surface area contributed by atoms with Gasteiger partial charge in [0.05, 0.1) is 12.5 Å². The van der Waals surface area contributed by atoms with Crippen LogP contribution in [-0.2, 0) is 4.79 Å². The van der Waals surface area contributed by atoms with Crippen molar-refractivity contribution in [2.24, 2.45) is 16.8 Å². The molecule has 1 aliphatic heterocycles. The van der Waals surface area contributed by atoms with Crippen LogP contribution in [0.25, 0.3) is 17.0 Å². The highest BCUT2D eigenvalue weighted by Crippen LogP contribution is 2.33.